The number of benzene rings is 17. The Morgan fingerprint density at radius 2 is 0.402 bits per heavy atom. The molecule has 0 amide bonds. The maximum atomic E-state index is 2.37. The largest absolute Gasteiger partial charge is 0.310 e. The van der Waals surface area contributed by atoms with Crippen LogP contribution < -0.4 is 9.80 Å². The van der Waals surface area contributed by atoms with Crippen LogP contribution in [0.15, 0.2) is 425 Å². The predicted octanol–water partition coefficient (Wildman–Crippen LogP) is 28.1. The van der Waals surface area contributed by atoms with Crippen LogP contribution in [0.25, 0.3) is 133 Å². The lowest BCUT2D eigenvalue weighted by Gasteiger charge is -2.28. The molecule has 0 atom stereocenters. The van der Waals surface area contributed by atoms with Crippen LogP contribution in [0.1, 0.15) is 0 Å². The molecule has 17 rings (SSSR count). The van der Waals surface area contributed by atoms with Crippen molar-refractivity contribution in [2.45, 2.75) is 0 Å². The van der Waals surface area contributed by atoms with Crippen molar-refractivity contribution in [2.24, 2.45) is 0 Å². The van der Waals surface area contributed by atoms with Gasteiger partial charge in [0.25, 0.3) is 0 Å². The van der Waals surface area contributed by atoms with Crippen molar-refractivity contribution in [3.63, 3.8) is 0 Å². The lowest BCUT2D eigenvalue weighted by atomic mass is 9.89. The molecular weight excluding hydrogens is 1230 g/mol. The fraction of sp³-hybridized carbons (Fsp3) is 0. The van der Waals surface area contributed by atoms with Crippen LogP contribution in [0.4, 0.5) is 34.1 Å². The van der Waals surface area contributed by atoms with Gasteiger partial charge in [-0.05, 0) is 213 Å². The van der Waals surface area contributed by atoms with Crippen molar-refractivity contribution in [3.8, 4) is 122 Å². The van der Waals surface area contributed by atoms with Gasteiger partial charge in [-0.25, -0.2) is 0 Å². The molecule has 0 spiro atoms. The van der Waals surface area contributed by atoms with Gasteiger partial charge in [0.1, 0.15) is 0 Å². The Bertz CT molecular complexity index is 5720. The fourth-order valence-electron chi connectivity index (χ4n) is 14.4. The number of para-hydroxylation sites is 2. The number of hydrogen-bond donors (Lipinski definition) is 0. The number of fused-ring (bicyclic) bond motifs is 1. The molecule has 0 heterocycles. The van der Waals surface area contributed by atoms with Gasteiger partial charge in [-0.1, -0.05) is 340 Å². The molecule has 2 nitrogen and oxygen atoms in total. The van der Waals surface area contributed by atoms with Crippen LogP contribution >= 0.6 is 0 Å². The van der Waals surface area contributed by atoms with E-state index in [1.165, 1.54) is 105 Å². The zero-order valence-electron chi connectivity index (χ0n) is 56.3. The van der Waals surface area contributed by atoms with Crippen LogP contribution in [-0.2, 0) is 0 Å². The van der Waals surface area contributed by atoms with Gasteiger partial charge in [0, 0.05) is 34.0 Å². The minimum Gasteiger partial charge on any atom is -0.310 e. The highest BCUT2D eigenvalue weighted by Gasteiger charge is 2.20. The van der Waals surface area contributed by atoms with E-state index in [1.807, 2.05) is 0 Å². The number of nitrogens with zero attached hydrogens (tertiary/aromatic N) is 2. The lowest BCUT2D eigenvalue weighted by Crippen LogP contribution is -2.11. The van der Waals surface area contributed by atoms with E-state index in [-0.39, 0.29) is 0 Å². The van der Waals surface area contributed by atoms with Gasteiger partial charge in [0.2, 0.25) is 0 Å². The average molecular weight is 1300 g/mol. The van der Waals surface area contributed by atoms with Crippen molar-refractivity contribution < 1.29 is 0 Å². The Balaban J connectivity index is 0.612. The molecule has 102 heavy (non-hydrogen) atoms. The summed E-state index contributed by atoms with van der Waals surface area (Å²) in [5.74, 6) is 0. The second-order valence-corrected chi connectivity index (χ2v) is 26.0. The third-order valence-corrected chi connectivity index (χ3v) is 19.7. The van der Waals surface area contributed by atoms with Gasteiger partial charge in [-0.2, -0.15) is 0 Å². The normalized spacial score (nSPS) is 11.1. The zero-order valence-corrected chi connectivity index (χ0v) is 56.3. The molecule has 0 saturated carbocycles. The molecule has 0 aliphatic rings. The third kappa shape index (κ3) is 12.9. The highest BCUT2D eigenvalue weighted by Crippen LogP contribution is 2.45. The molecule has 17 aromatic carbocycles. The van der Waals surface area contributed by atoms with Crippen molar-refractivity contribution in [1.82, 2.24) is 0 Å². The van der Waals surface area contributed by atoms with Crippen molar-refractivity contribution in [2.75, 3.05) is 9.80 Å². The SMILES string of the molecule is c1ccc(-c2ccc(-c3ccccc3N(c3ccccc3)c3ccc(-c4ccc(-c5cccc(-c6ccc(-c7ccc(-c8ccc(N(c9ccc(-c%10ccc(-c%11ccccc%11)c(-c%11ccccc%11)c%10)cc9)c9ccc%10ccccc%10c9)cc8)cc7)cc6)c5)c(-c5ccccc5)c4)cc3)cc2)cc1. The molecule has 480 valence electrons. The molecule has 0 aromatic heterocycles. The van der Waals surface area contributed by atoms with E-state index >= 15 is 0 Å². The van der Waals surface area contributed by atoms with E-state index in [9.17, 15) is 0 Å². The minimum absolute atomic E-state index is 1.08. The molecule has 2 heteroatoms. The van der Waals surface area contributed by atoms with E-state index in [0.717, 1.165) is 61.9 Å². The van der Waals surface area contributed by atoms with Gasteiger partial charge in [-0.3, -0.25) is 0 Å². The summed E-state index contributed by atoms with van der Waals surface area (Å²) < 4.78 is 0. The van der Waals surface area contributed by atoms with Crippen LogP contribution in [0.3, 0.4) is 0 Å². The Morgan fingerprint density at radius 3 is 0.882 bits per heavy atom. The predicted molar refractivity (Wildman–Crippen MR) is 433 cm³/mol. The molecule has 0 fully saturated rings. The van der Waals surface area contributed by atoms with Crippen molar-refractivity contribution in [3.05, 3.63) is 425 Å². The second kappa shape index (κ2) is 28.2. The molecule has 0 aliphatic heterocycles. The minimum atomic E-state index is 1.08. The first kappa shape index (κ1) is 62.1. The van der Waals surface area contributed by atoms with Crippen molar-refractivity contribution >= 4 is 44.9 Å². The third-order valence-electron chi connectivity index (χ3n) is 19.7. The number of anilines is 6. The Labute approximate surface area is 597 Å². The topological polar surface area (TPSA) is 6.48 Å². The van der Waals surface area contributed by atoms with Gasteiger partial charge >= 0.3 is 0 Å². The van der Waals surface area contributed by atoms with Crippen LogP contribution in [0, 0.1) is 0 Å². The molecule has 0 aliphatic carbocycles. The maximum absolute atomic E-state index is 2.37. The summed E-state index contributed by atoms with van der Waals surface area (Å²) in [6, 6.07) is 154. The van der Waals surface area contributed by atoms with Gasteiger partial charge in [-0.15, -0.1) is 0 Å². The maximum Gasteiger partial charge on any atom is 0.0540 e. The summed E-state index contributed by atoms with van der Waals surface area (Å²) in [4.78, 5) is 4.74. The first-order chi connectivity index (χ1) is 50.5. The molecule has 0 radical (unpaired) electrons. The van der Waals surface area contributed by atoms with Crippen LogP contribution in [0.2, 0.25) is 0 Å². The van der Waals surface area contributed by atoms with E-state index < -0.39 is 0 Å². The standard InChI is InChI=1S/C100H70N2/c1-6-21-71(22-7-1)73-45-47-84(48-46-73)97-35-18-19-36-100(97)102(90-33-14-5-15-34-90)93-62-53-80(54-63-93)88-57-66-96(99(70-88)83-28-12-4-13-29-83)89-32-20-31-85(67-89)78-43-41-75(42-44-78)74-37-39-76(40-38-74)77-49-58-91(59-50-77)101(94-64-55-72-23-16-17-30-86(72)68-94)92-60-51-79(52-61-92)87-56-65-95(81-24-8-2-9-25-81)98(69-87)82-26-10-3-11-27-82/h1-70H. The van der Waals surface area contributed by atoms with E-state index in [2.05, 4.69) is 434 Å². The second-order valence-electron chi connectivity index (χ2n) is 26.0. The highest BCUT2D eigenvalue weighted by molar-refractivity contribution is 5.94. The first-order valence-electron chi connectivity index (χ1n) is 35.0. The van der Waals surface area contributed by atoms with E-state index in [4.69, 9.17) is 0 Å². The van der Waals surface area contributed by atoms with Gasteiger partial charge in [0.15, 0.2) is 0 Å². The van der Waals surface area contributed by atoms with E-state index in [0.29, 0.717) is 0 Å². The summed E-state index contributed by atoms with van der Waals surface area (Å²) in [6.07, 6.45) is 0. The monoisotopic (exact) mass is 1300 g/mol. The quantitative estimate of drug-likeness (QED) is 0.0896. The first-order valence-corrected chi connectivity index (χ1v) is 35.0. The fourth-order valence-corrected chi connectivity index (χ4v) is 14.4. The molecular formula is C100H70N2. The molecule has 17 aromatic rings. The molecule has 0 saturated heterocycles. The summed E-state index contributed by atoms with van der Waals surface area (Å²) in [5, 5.41) is 2.42. The van der Waals surface area contributed by atoms with Gasteiger partial charge in [0.05, 0.1) is 5.69 Å². The summed E-state index contributed by atoms with van der Waals surface area (Å²) in [6.45, 7) is 0. The lowest BCUT2D eigenvalue weighted by molar-refractivity contribution is 1.28. The molecule has 0 N–H and O–H groups in total. The summed E-state index contributed by atoms with van der Waals surface area (Å²) >= 11 is 0. The summed E-state index contributed by atoms with van der Waals surface area (Å²) in [7, 11) is 0. The Kier molecular flexibility index (Phi) is 17.2. The highest BCUT2D eigenvalue weighted by atomic mass is 15.1. The Morgan fingerprint density at radius 1 is 0.118 bits per heavy atom. The van der Waals surface area contributed by atoms with Crippen molar-refractivity contribution in [1.29, 1.82) is 0 Å². The summed E-state index contributed by atoms with van der Waals surface area (Å²) in [5.41, 5.74) is 32.5. The zero-order chi connectivity index (χ0) is 68.0. The Hall–Kier alpha value is -13.4. The molecule has 0 unspecified atom stereocenters. The number of rotatable bonds is 17. The van der Waals surface area contributed by atoms with E-state index in [1.54, 1.807) is 0 Å². The van der Waals surface area contributed by atoms with Crippen LogP contribution in [0.5, 0.6) is 0 Å². The smallest absolute Gasteiger partial charge is 0.0540 e. The average Bonchev–Trinajstić information content (AvgIpc) is 0.792. The van der Waals surface area contributed by atoms with Crippen LogP contribution in [-0.4, -0.2) is 0 Å². The molecule has 0 bridgehead atoms. The number of hydrogen-bond acceptors (Lipinski definition) is 2. The van der Waals surface area contributed by atoms with Gasteiger partial charge < -0.3 is 9.80 Å².